The first-order chi connectivity index (χ1) is 9.92. The smallest absolute Gasteiger partial charge is 0.187 e. The fourth-order valence-electron chi connectivity index (χ4n) is 2.40. The van der Waals surface area contributed by atoms with Gasteiger partial charge in [-0.05, 0) is 24.4 Å². The summed E-state index contributed by atoms with van der Waals surface area (Å²) in [6.45, 7) is 1.29. The SMILES string of the molecule is Nc1nsc(NCC2(O)CCOCC2)c1S(=O)(=O)C1CC1. The summed E-state index contributed by atoms with van der Waals surface area (Å²) >= 11 is 1.03. The first kappa shape index (κ1) is 15.0. The summed E-state index contributed by atoms with van der Waals surface area (Å²) in [5.41, 5.74) is 4.86. The molecule has 3 rings (SSSR count). The van der Waals surface area contributed by atoms with E-state index in [-0.39, 0.29) is 22.5 Å². The fourth-order valence-corrected chi connectivity index (χ4v) is 5.28. The Morgan fingerprint density at radius 2 is 2.10 bits per heavy atom. The standard InChI is InChI=1S/C12H19N3O4S2/c13-10-9(21(17,18)8-1-2-8)11(20-15-10)14-7-12(16)3-5-19-6-4-12/h8,14,16H,1-7H2,(H2,13,15). The van der Waals surface area contributed by atoms with Crippen LogP contribution in [0.1, 0.15) is 25.7 Å². The Morgan fingerprint density at radius 3 is 2.71 bits per heavy atom. The summed E-state index contributed by atoms with van der Waals surface area (Å²) in [7, 11) is -3.40. The summed E-state index contributed by atoms with van der Waals surface area (Å²) < 4.78 is 34.0. The van der Waals surface area contributed by atoms with Gasteiger partial charge < -0.3 is 20.9 Å². The molecule has 21 heavy (non-hydrogen) atoms. The number of hydrogen-bond acceptors (Lipinski definition) is 8. The van der Waals surface area contributed by atoms with E-state index in [2.05, 4.69) is 9.69 Å². The molecule has 2 aliphatic rings. The van der Waals surface area contributed by atoms with Gasteiger partial charge in [0.1, 0.15) is 9.90 Å². The highest BCUT2D eigenvalue weighted by molar-refractivity contribution is 7.92. The van der Waals surface area contributed by atoms with Crippen molar-refractivity contribution in [2.45, 2.75) is 41.4 Å². The number of aliphatic hydroxyl groups is 1. The second-order valence-corrected chi connectivity index (χ2v) is 8.60. The van der Waals surface area contributed by atoms with Gasteiger partial charge in [0.15, 0.2) is 15.7 Å². The van der Waals surface area contributed by atoms with Crippen molar-refractivity contribution in [2.75, 3.05) is 30.8 Å². The molecular formula is C12H19N3O4S2. The van der Waals surface area contributed by atoms with Crippen molar-refractivity contribution in [2.24, 2.45) is 0 Å². The summed E-state index contributed by atoms with van der Waals surface area (Å²) in [4.78, 5) is 0.102. The number of nitrogens with one attached hydrogen (secondary N) is 1. The van der Waals surface area contributed by atoms with Crippen molar-refractivity contribution in [1.82, 2.24) is 4.37 Å². The molecule has 1 saturated heterocycles. The predicted octanol–water partition coefficient (Wildman–Crippen LogP) is 0.615. The van der Waals surface area contributed by atoms with E-state index < -0.39 is 15.4 Å². The molecule has 0 aromatic carbocycles. The highest BCUT2D eigenvalue weighted by atomic mass is 32.2. The lowest BCUT2D eigenvalue weighted by Gasteiger charge is -2.32. The largest absolute Gasteiger partial charge is 0.388 e. The highest BCUT2D eigenvalue weighted by Crippen LogP contribution is 2.41. The average Bonchev–Trinajstić information content (AvgIpc) is 3.22. The number of nitrogen functional groups attached to an aromatic ring is 1. The van der Waals surface area contributed by atoms with E-state index >= 15 is 0 Å². The van der Waals surface area contributed by atoms with Crippen molar-refractivity contribution in [3.63, 3.8) is 0 Å². The van der Waals surface area contributed by atoms with Crippen molar-refractivity contribution in [3.05, 3.63) is 0 Å². The van der Waals surface area contributed by atoms with Gasteiger partial charge in [-0.1, -0.05) is 0 Å². The van der Waals surface area contributed by atoms with Crippen LogP contribution in [-0.2, 0) is 14.6 Å². The molecule has 0 amide bonds. The van der Waals surface area contributed by atoms with Crippen LogP contribution >= 0.6 is 11.5 Å². The molecule has 0 atom stereocenters. The molecule has 1 aromatic heterocycles. The number of rotatable bonds is 5. The first-order valence-electron chi connectivity index (χ1n) is 6.95. The molecule has 1 aliphatic heterocycles. The summed E-state index contributed by atoms with van der Waals surface area (Å²) in [6.07, 6.45) is 2.41. The van der Waals surface area contributed by atoms with E-state index in [1.165, 1.54) is 0 Å². The Balaban J connectivity index is 1.77. The maximum Gasteiger partial charge on any atom is 0.187 e. The minimum absolute atomic E-state index is 0.0494. The van der Waals surface area contributed by atoms with Crippen LogP contribution in [-0.4, -0.2) is 48.5 Å². The van der Waals surface area contributed by atoms with Gasteiger partial charge in [0, 0.05) is 32.6 Å². The lowest BCUT2D eigenvalue weighted by atomic mass is 9.94. The van der Waals surface area contributed by atoms with Crippen LogP contribution in [0.2, 0.25) is 0 Å². The summed E-state index contributed by atoms with van der Waals surface area (Å²) in [6, 6.07) is 0. The van der Waals surface area contributed by atoms with Crippen LogP contribution in [0.3, 0.4) is 0 Å². The van der Waals surface area contributed by atoms with E-state index in [1.54, 1.807) is 0 Å². The molecule has 118 valence electrons. The minimum atomic E-state index is -3.40. The van der Waals surface area contributed by atoms with Crippen LogP contribution in [0.5, 0.6) is 0 Å². The van der Waals surface area contributed by atoms with Gasteiger partial charge in [-0.3, -0.25) is 0 Å². The third-order valence-corrected chi connectivity index (χ3v) is 7.20. The molecule has 2 heterocycles. The van der Waals surface area contributed by atoms with Crippen LogP contribution in [0.25, 0.3) is 0 Å². The van der Waals surface area contributed by atoms with Gasteiger partial charge in [-0.25, -0.2) is 8.42 Å². The number of nitrogens with two attached hydrogens (primary N) is 1. The van der Waals surface area contributed by atoms with Gasteiger partial charge in [0.25, 0.3) is 0 Å². The molecule has 0 spiro atoms. The topological polar surface area (TPSA) is 115 Å². The molecule has 0 bridgehead atoms. The second kappa shape index (κ2) is 5.38. The third kappa shape index (κ3) is 3.01. The summed E-state index contributed by atoms with van der Waals surface area (Å²) in [5, 5.41) is 13.5. The van der Waals surface area contributed by atoms with Crippen LogP contribution in [0.15, 0.2) is 4.90 Å². The quantitative estimate of drug-likeness (QED) is 0.723. The molecule has 0 radical (unpaired) electrons. The number of hydrogen-bond donors (Lipinski definition) is 3. The molecule has 2 fully saturated rings. The summed E-state index contributed by atoms with van der Waals surface area (Å²) in [5.74, 6) is 0.0494. The number of anilines is 2. The minimum Gasteiger partial charge on any atom is -0.388 e. The maximum atomic E-state index is 12.4. The fraction of sp³-hybridized carbons (Fsp3) is 0.750. The Bertz CT molecular complexity index is 618. The Hall–Kier alpha value is -0.900. The van der Waals surface area contributed by atoms with Gasteiger partial charge in [0.2, 0.25) is 0 Å². The lowest BCUT2D eigenvalue weighted by molar-refractivity contribution is -0.0543. The monoisotopic (exact) mass is 333 g/mol. The first-order valence-corrected chi connectivity index (χ1v) is 9.27. The Labute approximate surface area is 127 Å². The van der Waals surface area contributed by atoms with Crippen molar-refractivity contribution >= 4 is 32.2 Å². The van der Waals surface area contributed by atoms with E-state index in [0.29, 0.717) is 43.9 Å². The Morgan fingerprint density at radius 1 is 1.43 bits per heavy atom. The van der Waals surface area contributed by atoms with Gasteiger partial charge in [0.05, 0.1) is 10.9 Å². The third-order valence-electron chi connectivity index (χ3n) is 3.92. The van der Waals surface area contributed by atoms with Gasteiger partial charge in [-0.15, -0.1) is 0 Å². The number of nitrogens with zero attached hydrogens (tertiary/aromatic N) is 1. The number of ether oxygens (including phenoxy) is 1. The Kier molecular flexibility index (Phi) is 3.85. The molecule has 1 aliphatic carbocycles. The van der Waals surface area contributed by atoms with Gasteiger partial charge in [-0.2, -0.15) is 4.37 Å². The van der Waals surface area contributed by atoms with Crippen molar-refractivity contribution in [3.8, 4) is 0 Å². The van der Waals surface area contributed by atoms with Crippen LogP contribution < -0.4 is 11.1 Å². The zero-order valence-corrected chi connectivity index (χ0v) is 13.2. The van der Waals surface area contributed by atoms with E-state index in [4.69, 9.17) is 10.5 Å². The molecule has 9 heteroatoms. The molecule has 1 saturated carbocycles. The van der Waals surface area contributed by atoms with Crippen molar-refractivity contribution in [1.29, 1.82) is 0 Å². The molecular weight excluding hydrogens is 314 g/mol. The molecule has 4 N–H and O–H groups in total. The molecule has 7 nitrogen and oxygen atoms in total. The second-order valence-electron chi connectivity index (χ2n) is 5.66. The highest BCUT2D eigenvalue weighted by Gasteiger charge is 2.41. The van der Waals surface area contributed by atoms with E-state index in [1.807, 2.05) is 0 Å². The molecule has 1 aromatic rings. The van der Waals surface area contributed by atoms with E-state index in [0.717, 1.165) is 11.5 Å². The number of sulfone groups is 1. The normalized spacial score (nSPS) is 22.1. The van der Waals surface area contributed by atoms with Crippen LogP contribution in [0, 0.1) is 0 Å². The maximum absolute atomic E-state index is 12.4. The molecule has 0 unspecified atom stereocenters. The van der Waals surface area contributed by atoms with Crippen molar-refractivity contribution < 1.29 is 18.3 Å². The van der Waals surface area contributed by atoms with Gasteiger partial charge >= 0.3 is 0 Å². The van der Waals surface area contributed by atoms with E-state index in [9.17, 15) is 13.5 Å². The average molecular weight is 333 g/mol. The zero-order valence-electron chi connectivity index (χ0n) is 11.5. The van der Waals surface area contributed by atoms with Crippen LogP contribution in [0.4, 0.5) is 10.8 Å². The number of aromatic nitrogens is 1. The zero-order chi connectivity index (χ0) is 15.1. The predicted molar refractivity (Wildman–Crippen MR) is 80.2 cm³/mol. The lowest BCUT2D eigenvalue weighted by Crippen LogP contribution is -2.42.